The zero-order valence-corrected chi connectivity index (χ0v) is 12.1. The van der Waals surface area contributed by atoms with Gasteiger partial charge in [-0.3, -0.25) is 0 Å². The van der Waals surface area contributed by atoms with Crippen LogP contribution in [0.25, 0.3) is 0 Å². The molecule has 0 fully saturated rings. The predicted molar refractivity (Wildman–Crippen MR) is 71.6 cm³/mol. The minimum Gasteiger partial charge on any atom is -0.490 e. The summed E-state index contributed by atoms with van der Waals surface area (Å²) in [6.45, 7) is 7.19. The maximum absolute atomic E-state index is 13.8. The fraction of sp³-hybridized carbons (Fsp3) is 0.538. The van der Waals surface area contributed by atoms with Crippen molar-refractivity contribution in [2.75, 3.05) is 6.61 Å². The van der Waals surface area contributed by atoms with Gasteiger partial charge in [-0.05, 0) is 39.4 Å². The summed E-state index contributed by atoms with van der Waals surface area (Å²) in [5, 5.41) is 0. The Kier molecular flexibility index (Phi) is 4.95. The first-order chi connectivity index (χ1) is 7.85. The molecule has 4 heteroatoms. The number of rotatable bonds is 4. The van der Waals surface area contributed by atoms with Crippen molar-refractivity contribution < 1.29 is 9.13 Å². The molecular weight excluding hydrogens is 285 g/mol. The van der Waals surface area contributed by atoms with Gasteiger partial charge in [-0.25, -0.2) is 4.39 Å². The van der Waals surface area contributed by atoms with E-state index in [2.05, 4.69) is 36.7 Å². The van der Waals surface area contributed by atoms with E-state index in [1.165, 1.54) is 0 Å². The van der Waals surface area contributed by atoms with Crippen molar-refractivity contribution in [2.24, 2.45) is 11.1 Å². The molecule has 0 heterocycles. The summed E-state index contributed by atoms with van der Waals surface area (Å²) >= 11 is 3.19. The van der Waals surface area contributed by atoms with Gasteiger partial charge in [0.25, 0.3) is 0 Å². The molecule has 0 atom stereocenters. The third kappa shape index (κ3) is 4.28. The van der Waals surface area contributed by atoms with E-state index in [0.29, 0.717) is 17.6 Å². The van der Waals surface area contributed by atoms with Gasteiger partial charge < -0.3 is 10.5 Å². The highest BCUT2D eigenvalue weighted by atomic mass is 79.9. The lowest BCUT2D eigenvalue weighted by atomic mass is 9.93. The summed E-state index contributed by atoms with van der Waals surface area (Å²) in [6, 6.07) is 3.41. The van der Waals surface area contributed by atoms with E-state index in [-0.39, 0.29) is 17.0 Å². The zero-order valence-electron chi connectivity index (χ0n) is 10.5. The lowest BCUT2D eigenvalue weighted by Crippen LogP contribution is -2.12. The van der Waals surface area contributed by atoms with Crippen molar-refractivity contribution in [1.82, 2.24) is 0 Å². The quantitative estimate of drug-likeness (QED) is 0.916. The van der Waals surface area contributed by atoms with Gasteiger partial charge in [0.15, 0.2) is 11.6 Å². The third-order valence-corrected chi connectivity index (χ3v) is 3.31. The Hall–Kier alpha value is -0.610. The summed E-state index contributed by atoms with van der Waals surface area (Å²) in [4.78, 5) is 0. The van der Waals surface area contributed by atoms with Crippen LogP contribution in [0.5, 0.6) is 5.75 Å². The van der Waals surface area contributed by atoms with Gasteiger partial charge in [0.05, 0.1) is 11.1 Å². The first kappa shape index (κ1) is 14.5. The maximum atomic E-state index is 13.8. The second kappa shape index (κ2) is 5.83. The van der Waals surface area contributed by atoms with Crippen molar-refractivity contribution in [3.63, 3.8) is 0 Å². The van der Waals surface area contributed by atoms with Gasteiger partial charge in [0.1, 0.15) is 0 Å². The van der Waals surface area contributed by atoms with E-state index in [0.717, 1.165) is 12.0 Å². The van der Waals surface area contributed by atoms with Crippen molar-refractivity contribution >= 4 is 15.9 Å². The lowest BCUT2D eigenvalue weighted by Gasteiger charge is -2.18. The molecule has 0 unspecified atom stereocenters. The van der Waals surface area contributed by atoms with E-state index < -0.39 is 0 Å². The van der Waals surface area contributed by atoms with E-state index in [1.54, 1.807) is 12.1 Å². The molecule has 0 spiro atoms. The van der Waals surface area contributed by atoms with Gasteiger partial charge in [-0.1, -0.05) is 26.8 Å². The smallest absolute Gasteiger partial charge is 0.179 e. The number of ether oxygens (including phenoxy) is 1. The topological polar surface area (TPSA) is 35.2 Å². The zero-order chi connectivity index (χ0) is 13.1. The van der Waals surface area contributed by atoms with Crippen molar-refractivity contribution in [3.05, 3.63) is 28.0 Å². The second-order valence-electron chi connectivity index (χ2n) is 5.21. The Morgan fingerprint density at radius 2 is 2.00 bits per heavy atom. The Morgan fingerprint density at radius 1 is 1.35 bits per heavy atom. The average Bonchev–Trinajstić information content (AvgIpc) is 2.23. The molecule has 0 aliphatic heterocycles. The van der Waals surface area contributed by atoms with Crippen LogP contribution in [-0.4, -0.2) is 6.61 Å². The number of hydrogen-bond donors (Lipinski definition) is 1. The molecule has 0 amide bonds. The number of halogens is 2. The number of nitrogens with two attached hydrogens (primary N) is 1. The molecule has 0 aromatic heterocycles. The monoisotopic (exact) mass is 303 g/mol. The Labute approximate surface area is 110 Å². The molecule has 17 heavy (non-hydrogen) atoms. The van der Waals surface area contributed by atoms with Crippen LogP contribution in [0.2, 0.25) is 0 Å². The van der Waals surface area contributed by atoms with Gasteiger partial charge >= 0.3 is 0 Å². The van der Waals surface area contributed by atoms with Crippen LogP contribution in [0.15, 0.2) is 16.6 Å². The molecule has 0 saturated carbocycles. The van der Waals surface area contributed by atoms with Gasteiger partial charge in [-0.2, -0.15) is 0 Å². The first-order valence-corrected chi connectivity index (χ1v) is 6.44. The summed E-state index contributed by atoms with van der Waals surface area (Å²) in [5.74, 6) is -0.0971. The maximum Gasteiger partial charge on any atom is 0.179 e. The Balaban J connectivity index is 2.70. The summed E-state index contributed by atoms with van der Waals surface area (Å²) < 4.78 is 19.7. The molecule has 0 radical (unpaired) electrons. The molecular formula is C13H19BrFNO. The highest BCUT2D eigenvalue weighted by Crippen LogP contribution is 2.29. The highest BCUT2D eigenvalue weighted by molar-refractivity contribution is 9.10. The van der Waals surface area contributed by atoms with Gasteiger partial charge in [-0.15, -0.1) is 0 Å². The molecule has 0 aliphatic carbocycles. The molecule has 1 rings (SSSR count). The van der Waals surface area contributed by atoms with Gasteiger partial charge in [0, 0.05) is 6.54 Å². The van der Waals surface area contributed by atoms with E-state index >= 15 is 0 Å². The Morgan fingerprint density at radius 3 is 2.53 bits per heavy atom. The molecule has 0 bridgehead atoms. The van der Waals surface area contributed by atoms with Crippen LogP contribution in [0.1, 0.15) is 32.8 Å². The second-order valence-corrected chi connectivity index (χ2v) is 6.01. The minimum atomic E-state index is -0.373. The fourth-order valence-corrected chi connectivity index (χ4v) is 1.80. The average molecular weight is 304 g/mol. The van der Waals surface area contributed by atoms with Crippen LogP contribution in [0.4, 0.5) is 4.39 Å². The lowest BCUT2D eigenvalue weighted by molar-refractivity contribution is 0.235. The van der Waals surface area contributed by atoms with Crippen LogP contribution in [-0.2, 0) is 6.54 Å². The summed E-state index contributed by atoms with van der Waals surface area (Å²) in [5.41, 5.74) is 6.42. The van der Waals surface area contributed by atoms with Crippen LogP contribution in [0, 0.1) is 11.2 Å². The van der Waals surface area contributed by atoms with E-state index in [4.69, 9.17) is 10.5 Å². The number of benzene rings is 1. The molecule has 2 nitrogen and oxygen atoms in total. The molecule has 0 aliphatic rings. The van der Waals surface area contributed by atoms with Crippen molar-refractivity contribution in [3.8, 4) is 5.75 Å². The highest BCUT2D eigenvalue weighted by Gasteiger charge is 2.14. The van der Waals surface area contributed by atoms with Crippen LogP contribution < -0.4 is 10.5 Å². The predicted octanol–water partition coefficient (Wildman–Crippen LogP) is 3.86. The standard InChI is InChI=1S/C13H19BrFNO/c1-13(2,3)6-7-17-10-5-4-9(8-16)11(14)12(10)15/h4-5H,6-8,16H2,1-3H3. The third-order valence-electron chi connectivity index (χ3n) is 2.46. The van der Waals surface area contributed by atoms with E-state index in [9.17, 15) is 4.39 Å². The van der Waals surface area contributed by atoms with Gasteiger partial charge in [0.2, 0.25) is 0 Å². The fourth-order valence-electron chi connectivity index (χ4n) is 1.31. The van der Waals surface area contributed by atoms with Crippen LogP contribution >= 0.6 is 15.9 Å². The molecule has 1 aromatic rings. The molecule has 0 saturated heterocycles. The van der Waals surface area contributed by atoms with Crippen LogP contribution in [0.3, 0.4) is 0 Å². The summed E-state index contributed by atoms with van der Waals surface area (Å²) in [7, 11) is 0. The molecule has 2 N–H and O–H groups in total. The van der Waals surface area contributed by atoms with E-state index in [1.807, 2.05) is 0 Å². The molecule has 96 valence electrons. The van der Waals surface area contributed by atoms with Crippen molar-refractivity contribution in [1.29, 1.82) is 0 Å². The first-order valence-electron chi connectivity index (χ1n) is 5.65. The SMILES string of the molecule is CC(C)(C)CCOc1ccc(CN)c(Br)c1F. The Bertz CT molecular complexity index is 388. The number of hydrogen-bond acceptors (Lipinski definition) is 2. The summed E-state index contributed by atoms with van der Waals surface area (Å²) in [6.07, 6.45) is 0.878. The van der Waals surface area contributed by atoms with Crippen molar-refractivity contribution in [2.45, 2.75) is 33.7 Å². The largest absolute Gasteiger partial charge is 0.490 e. The molecule has 1 aromatic carbocycles. The normalized spacial score (nSPS) is 11.6. The minimum absolute atomic E-state index is 0.185.